The molecule has 1 aromatic rings. The lowest BCUT2D eigenvalue weighted by molar-refractivity contribution is -0.126. The van der Waals surface area contributed by atoms with Crippen molar-refractivity contribution in [3.05, 3.63) is 20.8 Å². The van der Waals surface area contributed by atoms with Crippen LogP contribution < -0.4 is 11.1 Å². The summed E-state index contributed by atoms with van der Waals surface area (Å²) in [5.41, 5.74) is 5.67. The molecule has 0 saturated heterocycles. The Hall–Kier alpha value is -0.390. The van der Waals surface area contributed by atoms with Crippen LogP contribution in [0.1, 0.15) is 30.6 Å². The summed E-state index contributed by atoms with van der Waals surface area (Å²) in [6, 6.07) is 4.16. The average molecular weight is 345 g/mol. The lowest BCUT2D eigenvalue weighted by Gasteiger charge is -2.26. The number of nitrogens with one attached hydrogen (secondary N) is 1. The summed E-state index contributed by atoms with van der Waals surface area (Å²) >= 11 is 5.18. The minimum absolute atomic E-state index is 0.206. The van der Waals surface area contributed by atoms with Gasteiger partial charge >= 0.3 is 0 Å². The number of hydrogen-bond donors (Lipinski definition) is 2. The summed E-state index contributed by atoms with van der Waals surface area (Å²) in [6.07, 6.45) is 5.12. The van der Waals surface area contributed by atoms with Crippen LogP contribution in [0.25, 0.3) is 0 Å². The summed E-state index contributed by atoms with van der Waals surface area (Å²) in [4.78, 5) is 13.3. The van der Waals surface area contributed by atoms with Crippen LogP contribution in [0, 0.1) is 11.8 Å². The van der Waals surface area contributed by atoms with Crippen LogP contribution in [0.3, 0.4) is 0 Å². The second kappa shape index (κ2) is 7.41. The van der Waals surface area contributed by atoms with E-state index in [2.05, 4.69) is 33.4 Å². The van der Waals surface area contributed by atoms with E-state index in [1.165, 1.54) is 4.88 Å². The van der Waals surface area contributed by atoms with Gasteiger partial charge in [-0.3, -0.25) is 4.79 Å². The van der Waals surface area contributed by atoms with Gasteiger partial charge in [-0.05, 0) is 72.6 Å². The van der Waals surface area contributed by atoms with Gasteiger partial charge < -0.3 is 11.1 Å². The Morgan fingerprint density at radius 1 is 1.37 bits per heavy atom. The number of hydrogen-bond acceptors (Lipinski definition) is 3. The van der Waals surface area contributed by atoms with Crippen molar-refractivity contribution in [1.29, 1.82) is 0 Å². The molecule has 1 amide bonds. The van der Waals surface area contributed by atoms with Gasteiger partial charge in [0, 0.05) is 17.3 Å². The maximum atomic E-state index is 12.0. The standard InChI is InChI=1S/C14H21BrN2OS/c15-13-6-5-12(19-13)7-8-17-14(18)11-3-1-10(9-16)2-4-11/h5-6,10-11H,1-4,7-9,16H2,(H,17,18). The maximum Gasteiger partial charge on any atom is 0.223 e. The molecule has 1 aromatic heterocycles. The first-order chi connectivity index (χ1) is 9.19. The van der Waals surface area contributed by atoms with Gasteiger partial charge in [0.05, 0.1) is 3.79 Å². The topological polar surface area (TPSA) is 55.1 Å². The number of nitrogens with two attached hydrogens (primary N) is 1. The predicted octanol–water partition coefficient (Wildman–Crippen LogP) is 2.93. The molecule has 0 aliphatic heterocycles. The molecule has 19 heavy (non-hydrogen) atoms. The third kappa shape index (κ3) is 4.58. The lowest BCUT2D eigenvalue weighted by Crippen LogP contribution is -2.35. The van der Waals surface area contributed by atoms with Crippen molar-refractivity contribution in [3.63, 3.8) is 0 Å². The van der Waals surface area contributed by atoms with E-state index in [-0.39, 0.29) is 11.8 Å². The molecular formula is C14H21BrN2OS. The van der Waals surface area contributed by atoms with E-state index in [0.717, 1.165) is 49.0 Å². The van der Waals surface area contributed by atoms with E-state index < -0.39 is 0 Å². The van der Waals surface area contributed by atoms with E-state index in [1.54, 1.807) is 11.3 Å². The second-order valence-corrected chi connectivity index (χ2v) is 7.75. The second-order valence-electron chi connectivity index (χ2n) is 5.20. The van der Waals surface area contributed by atoms with Crippen molar-refractivity contribution in [1.82, 2.24) is 5.32 Å². The largest absolute Gasteiger partial charge is 0.356 e. The minimum atomic E-state index is 0.206. The van der Waals surface area contributed by atoms with Crippen LogP contribution >= 0.6 is 27.3 Å². The van der Waals surface area contributed by atoms with Gasteiger partial charge in [0.25, 0.3) is 0 Å². The zero-order valence-electron chi connectivity index (χ0n) is 11.0. The van der Waals surface area contributed by atoms with Crippen LogP contribution in [0.4, 0.5) is 0 Å². The Balaban J connectivity index is 1.67. The molecule has 3 N–H and O–H groups in total. The van der Waals surface area contributed by atoms with E-state index in [4.69, 9.17) is 5.73 Å². The highest BCUT2D eigenvalue weighted by molar-refractivity contribution is 9.11. The molecule has 0 bridgehead atoms. The summed E-state index contributed by atoms with van der Waals surface area (Å²) in [6.45, 7) is 1.50. The highest BCUT2D eigenvalue weighted by Gasteiger charge is 2.25. The zero-order valence-corrected chi connectivity index (χ0v) is 13.4. The van der Waals surface area contributed by atoms with Crippen LogP contribution in [-0.4, -0.2) is 19.0 Å². The van der Waals surface area contributed by atoms with E-state index in [1.807, 2.05) is 0 Å². The molecule has 0 unspecified atom stereocenters. The molecule has 1 fully saturated rings. The van der Waals surface area contributed by atoms with Crippen molar-refractivity contribution in [2.24, 2.45) is 17.6 Å². The van der Waals surface area contributed by atoms with Crippen LogP contribution in [-0.2, 0) is 11.2 Å². The Morgan fingerprint density at radius 2 is 2.11 bits per heavy atom. The molecule has 1 aliphatic rings. The fourth-order valence-electron chi connectivity index (χ4n) is 2.60. The molecule has 106 valence electrons. The van der Waals surface area contributed by atoms with Gasteiger partial charge in [0.15, 0.2) is 0 Å². The lowest BCUT2D eigenvalue weighted by atomic mass is 9.81. The predicted molar refractivity (Wildman–Crippen MR) is 83.2 cm³/mol. The number of halogens is 1. The van der Waals surface area contributed by atoms with Crippen molar-refractivity contribution in [3.8, 4) is 0 Å². The molecule has 5 heteroatoms. The normalized spacial score (nSPS) is 23.3. The number of rotatable bonds is 5. The average Bonchev–Trinajstić information content (AvgIpc) is 2.84. The smallest absolute Gasteiger partial charge is 0.223 e. The van der Waals surface area contributed by atoms with Gasteiger partial charge in [-0.2, -0.15) is 0 Å². The SMILES string of the molecule is NCC1CCC(C(=O)NCCc2ccc(Br)s2)CC1. The first-order valence-corrected chi connectivity index (χ1v) is 8.52. The molecule has 3 nitrogen and oxygen atoms in total. The summed E-state index contributed by atoms with van der Waals surface area (Å²) in [7, 11) is 0. The molecule has 0 spiro atoms. The molecule has 0 aromatic carbocycles. The van der Waals surface area contributed by atoms with E-state index in [0.29, 0.717) is 5.92 Å². The van der Waals surface area contributed by atoms with Gasteiger partial charge in [-0.15, -0.1) is 11.3 Å². The number of amides is 1. The van der Waals surface area contributed by atoms with E-state index >= 15 is 0 Å². The zero-order chi connectivity index (χ0) is 13.7. The van der Waals surface area contributed by atoms with Gasteiger partial charge in [-0.25, -0.2) is 0 Å². The first kappa shape index (κ1) is 15.0. The fraction of sp³-hybridized carbons (Fsp3) is 0.643. The molecular weight excluding hydrogens is 324 g/mol. The van der Waals surface area contributed by atoms with Crippen molar-refractivity contribution in [2.45, 2.75) is 32.1 Å². The van der Waals surface area contributed by atoms with Gasteiger partial charge in [0.2, 0.25) is 5.91 Å². The molecule has 0 radical (unpaired) electrons. The quantitative estimate of drug-likeness (QED) is 0.862. The number of carbonyl (C=O) groups excluding carboxylic acids is 1. The van der Waals surface area contributed by atoms with Crippen molar-refractivity contribution >= 4 is 33.2 Å². The Kier molecular flexibility index (Phi) is 5.85. The maximum absolute atomic E-state index is 12.0. The first-order valence-electron chi connectivity index (χ1n) is 6.91. The third-order valence-electron chi connectivity index (χ3n) is 3.85. The highest BCUT2D eigenvalue weighted by Crippen LogP contribution is 2.28. The monoisotopic (exact) mass is 344 g/mol. The van der Waals surface area contributed by atoms with Crippen molar-refractivity contribution in [2.75, 3.05) is 13.1 Å². The fourth-order valence-corrected chi connectivity index (χ4v) is 4.08. The summed E-state index contributed by atoms with van der Waals surface area (Å²) in [5, 5.41) is 3.06. The summed E-state index contributed by atoms with van der Waals surface area (Å²) < 4.78 is 1.15. The van der Waals surface area contributed by atoms with Gasteiger partial charge in [0.1, 0.15) is 0 Å². The molecule has 1 saturated carbocycles. The Labute approximate surface area is 127 Å². The molecule has 1 heterocycles. The number of thiophene rings is 1. The van der Waals surface area contributed by atoms with E-state index in [9.17, 15) is 4.79 Å². The Morgan fingerprint density at radius 3 is 2.68 bits per heavy atom. The minimum Gasteiger partial charge on any atom is -0.356 e. The van der Waals surface area contributed by atoms with Crippen LogP contribution in [0.15, 0.2) is 15.9 Å². The van der Waals surface area contributed by atoms with Crippen LogP contribution in [0.2, 0.25) is 0 Å². The molecule has 0 atom stereocenters. The third-order valence-corrected chi connectivity index (χ3v) is 5.53. The molecule has 2 rings (SSSR count). The van der Waals surface area contributed by atoms with Gasteiger partial charge in [-0.1, -0.05) is 0 Å². The van der Waals surface area contributed by atoms with Crippen molar-refractivity contribution < 1.29 is 4.79 Å². The Bertz CT molecular complexity index is 413. The molecule has 1 aliphatic carbocycles. The van der Waals surface area contributed by atoms with Crippen LogP contribution in [0.5, 0.6) is 0 Å². The highest BCUT2D eigenvalue weighted by atomic mass is 79.9. The summed E-state index contributed by atoms with van der Waals surface area (Å²) in [5.74, 6) is 1.07. The number of carbonyl (C=O) groups is 1.